The normalized spacial score (nSPS) is 10.1. The van der Waals surface area contributed by atoms with Crippen LogP contribution in [0.5, 0.6) is 5.75 Å². The number of urea groups is 1. The minimum atomic E-state index is -0.347. The largest absolute Gasteiger partial charge is 0.495 e. The molecule has 2 aromatic carbocycles. The van der Waals surface area contributed by atoms with Crippen molar-refractivity contribution in [3.63, 3.8) is 0 Å². The number of hydrogen-bond donors (Lipinski definition) is 2. The van der Waals surface area contributed by atoms with Gasteiger partial charge in [0.05, 0.1) is 12.8 Å². The molecule has 2 rings (SSSR count). The van der Waals surface area contributed by atoms with Crippen LogP contribution >= 0.6 is 0 Å². The molecule has 0 spiro atoms. The zero-order valence-electron chi connectivity index (χ0n) is 12.7. The molecule has 116 valence electrons. The summed E-state index contributed by atoms with van der Waals surface area (Å²) in [5.41, 5.74) is 2.20. The van der Waals surface area contributed by atoms with Gasteiger partial charge in [0.2, 0.25) is 0 Å². The second kappa shape index (κ2) is 7.45. The molecule has 4 nitrogen and oxygen atoms in total. The van der Waals surface area contributed by atoms with Crippen molar-refractivity contribution in [2.75, 3.05) is 19.0 Å². The SMILES string of the molecule is COc1ccc(C)cc1NC(=O)NCCc1ccccc1F. The first-order valence-electron chi connectivity index (χ1n) is 7.03. The lowest BCUT2D eigenvalue weighted by molar-refractivity contribution is 0.252. The van der Waals surface area contributed by atoms with E-state index in [9.17, 15) is 9.18 Å². The van der Waals surface area contributed by atoms with E-state index in [1.165, 1.54) is 6.07 Å². The van der Waals surface area contributed by atoms with E-state index in [4.69, 9.17) is 4.74 Å². The topological polar surface area (TPSA) is 50.4 Å². The average molecular weight is 302 g/mol. The smallest absolute Gasteiger partial charge is 0.319 e. The summed E-state index contributed by atoms with van der Waals surface area (Å²) < 4.78 is 18.7. The summed E-state index contributed by atoms with van der Waals surface area (Å²) in [7, 11) is 1.55. The van der Waals surface area contributed by atoms with E-state index in [0.717, 1.165) is 5.56 Å². The molecule has 0 aliphatic carbocycles. The van der Waals surface area contributed by atoms with E-state index in [1.807, 2.05) is 19.1 Å². The first-order chi connectivity index (χ1) is 10.6. The van der Waals surface area contributed by atoms with Gasteiger partial charge in [0.25, 0.3) is 0 Å². The van der Waals surface area contributed by atoms with Crippen LogP contribution in [0.4, 0.5) is 14.9 Å². The van der Waals surface area contributed by atoms with Gasteiger partial charge < -0.3 is 15.4 Å². The fourth-order valence-electron chi connectivity index (χ4n) is 2.10. The Kier molecular flexibility index (Phi) is 5.36. The van der Waals surface area contributed by atoms with Crippen LogP contribution in [0.15, 0.2) is 42.5 Å². The molecule has 0 radical (unpaired) electrons. The van der Waals surface area contributed by atoms with Crippen molar-refractivity contribution in [1.82, 2.24) is 5.32 Å². The number of carbonyl (C=O) groups excluding carboxylic acids is 1. The fourth-order valence-corrected chi connectivity index (χ4v) is 2.10. The first-order valence-corrected chi connectivity index (χ1v) is 7.03. The molecular formula is C17H19FN2O2. The monoisotopic (exact) mass is 302 g/mol. The Labute approximate surface area is 129 Å². The average Bonchev–Trinajstić information content (AvgIpc) is 2.49. The highest BCUT2D eigenvalue weighted by molar-refractivity contribution is 5.91. The van der Waals surface area contributed by atoms with Gasteiger partial charge in [0.15, 0.2) is 0 Å². The van der Waals surface area contributed by atoms with E-state index in [-0.39, 0.29) is 11.8 Å². The predicted molar refractivity (Wildman–Crippen MR) is 84.9 cm³/mol. The van der Waals surface area contributed by atoms with Gasteiger partial charge in [-0.2, -0.15) is 0 Å². The van der Waals surface area contributed by atoms with Crippen LogP contribution in [0.1, 0.15) is 11.1 Å². The molecule has 22 heavy (non-hydrogen) atoms. The molecule has 2 N–H and O–H groups in total. The van der Waals surface area contributed by atoms with Crippen LogP contribution in [0.3, 0.4) is 0 Å². The van der Waals surface area contributed by atoms with Gasteiger partial charge in [-0.05, 0) is 42.7 Å². The van der Waals surface area contributed by atoms with Gasteiger partial charge in [0, 0.05) is 6.54 Å². The molecule has 0 bridgehead atoms. The highest BCUT2D eigenvalue weighted by Gasteiger charge is 2.08. The quantitative estimate of drug-likeness (QED) is 0.888. The van der Waals surface area contributed by atoms with Crippen molar-refractivity contribution in [3.05, 3.63) is 59.4 Å². The number of benzene rings is 2. The number of ether oxygens (including phenoxy) is 1. The number of carbonyl (C=O) groups is 1. The Balaban J connectivity index is 1.88. The highest BCUT2D eigenvalue weighted by atomic mass is 19.1. The summed E-state index contributed by atoms with van der Waals surface area (Å²) in [5.74, 6) is 0.333. The van der Waals surface area contributed by atoms with Crippen molar-refractivity contribution in [2.24, 2.45) is 0 Å². The third kappa shape index (κ3) is 4.22. The number of halogens is 1. The van der Waals surface area contributed by atoms with Crippen molar-refractivity contribution < 1.29 is 13.9 Å². The number of amides is 2. The molecule has 2 amide bonds. The summed E-state index contributed by atoms with van der Waals surface area (Å²) in [6.45, 7) is 2.28. The standard InChI is InChI=1S/C17H19FN2O2/c1-12-7-8-16(22-2)15(11-12)20-17(21)19-10-9-13-5-3-4-6-14(13)18/h3-8,11H,9-10H2,1-2H3,(H2,19,20,21). The molecule has 0 heterocycles. The van der Waals surface area contributed by atoms with E-state index in [0.29, 0.717) is 30.0 Å². The van der Waals surface area contributed by atoms with E-state index >= 15 is 0 Å². The summed E-state index contributed by atoms with van der Waals surface area (Å²) in [6, 6.07) is 11.7. The van der Waals surface area contributed by atoms with Crippen molar-refractivity contribution in [1.29, 1.82) is 0 Å². The lowest BCUT2D eigenvalue weighted by Crippen LogP contribution is -2.30. The van der Waals surface area contributed by atoms with E-state index in [1.54, 1.807) is 31.4 Å². The Morgan fingerprint density at radius 3 is 2.73 bits per heavy atom. The molecule has 0 aromatic heterocycles. The van der Waals surface area contributed by atoms with Crippen LogP contribution < -0.4 is 15.4 Å². The number of rotatable bonds is 5. The number of anilines is 1. The Morgan fingerprint density at radius 1 is 1.23 bits per heavy atom. The van der Waals surface area contributed by atoms with Crippen molar-refractivity contribution >= 4 is 11.7 Å². The molecule has 2 aromatic rings. The van der Waals surface area contributed by atoms with Crippen molar-refractivity contribution in [3.8, 4) is 5.75 Å². The molecule has 0 fully saturated rings. The van der Waals surface area contributed by atoms with Gasteiger partial charge in [-0.15, -0.1) is 0 Å². The summed E-state index contributed by atoms with van der Waals surface area (Å²) in [6.07, 6.45) is 0.436. The Hall–Kier alpha value is -2.56. The lowest BCUT2D eigenvalue weighted by atomic mass is 10.1. The maximum absolute atomic E-state index is 13.5. The minimum Gasteiger partial charge on any atom is -0.495 e. The van der Waals surface area contributed by atoms with Crippen LogP contribution in [0.25, 0.3) is 0 Å². The second-order valence-electron chi connectivity index (χ2n) is 4.93. The van der Waals surface area contributed by atoms with E-state index < -0.39 is 0 Å². The third-order valence-electron chi connectivity index (χ3n) is 3.24. The fraction of sp³-hybridized carbons (Fsp3) is 0.235. The molecular weight excluding hydrogens is 283 g/mol. The van der Waals surface area contributed by atoms with Gasteiger partial charge >= 0.3 is 6.03 Å². The number of methoxy groups -OCH3 is 1. The van der Waals surface area contributed by atoms with Gasteiger partial charge in [-0.3, -0.25) is 0 Å². The van der Waals surface area contributed by atoms with Crippen LogP contribution in [-0.4, -0.2) is 19.7 Å². The molecule has 0 atom stereocenters. The molecule has 5 heteroatoms. The highest BCUT2D eigenvalue weighted by Crippen LogP contribution is 2.24. The third-order valence-corrected chi connectivity index (χ3v) is 3.24. The molecule has 0 saturated heterocycles. The molecule has 0 aliphatic rings. The lowest BCUT2D eigenvalue weighted by Gasteiger charge is -2.12. The maximum atomic E-state index is 13.5. The Morgan fingerprint density at radius 2 is 2.00 bits per heavy atom. The van der Waals surface area contributed by atoms with Crippen molar-refractivity contribution in [2.45, 2.75) is 13.3 Å². The first kappa shape index (κ1) is 15.8. The van der Waals surface area contributed by atoms with Gasteiger partial charge in [-0.25, -0.2) is 9.18 Å². The Bertz CT molecular complexity index is 659. The van der Waals surface area contributed by atoms with Crippen LogP contribution in [0, 0.1) is 12.7 Å². The second-order valence-corrected chi connectivity index (χ2v) is 4.93. The van der Waals surface area contributed by atoms with E-state index in [2.05, 4.69) is 10.6 Å². The summed E-state index contributed by atoms with van der Waals surface area (Å²) >= 11 is 0. The van der Waals surface area contributed by atoms with Gasteiger partial charge in [-0.1, -0.05) is 24.3 Å². The minimum absolute atomic E-state index is 0.259. The van der Waals surface area contributed by atoms with Crippen LogP contribution in [0.2, 0.25) is 0 Å². The summed E-state index contributed by atoms with van der Waals surface area (Å²) in [5, 5.41) is 5.44. The predicted octanol–water partition coefficient (Wildman–Crippen LogP) is 3.51. The molecule has 0 unspecified atom stereocenters. The number of nitrogens with one attached hydrogen (secondary N) is 2. The zero-order valence-corrected chi connectivity index (χ0v) is 12.7. The van der Waals surface area contributed by atoms with Crippen LogP contribution in [-0.2, 0) is 6.42 Å². The number of hydrogen-bond acceptors (Lipinski definition) is 2. The van der Waals surface area contributed by atoms with Gasteiger partial charge in [0.1, 0.15) is 11.6 Å². The zero-order chi connectivity index (χ0) is 15.9. The maximum Gasteiger partial charge on any atom is 0.319 e. The molecule has 0 aliphatic heterocycles. The summed E-state index contributed by atoms with van der Waals surface area (Å²) in [4.78, 5) is 11.9. The number of aryl methyl sites for hydroxylation is 1. The molecule has 0 saturated carbocycles.